The summed E-state index contributed by atoms with van der Waals surface area (Å²) in [5.74, 6) is 0.715. The van der Waals surface area contributed by atoms with Crippen molar-refractivity contribution in [2.75, 3.05) is 12.4 Å². The molecule has 3 aromatic rings. The predicted octanol–water partition coefficient (Wildman–Crippen LogP) is 3.92. The third-order valence-electron chi connectivity index (χ3n) is 5.82. The number of methoxy groups -OCH3 is 1. The minimum atomic E-state index is 0.388. The Labute approximate surface area is 174 Å². The molecule has 1 fully saturated rings. The van der Waals surface area contributed by atoms with Crippen LogP contribution in [0.4, 0.5) is 5.95 Å². The highest BCUT2D eigenvalue weighted by molar-refractivity contribution is 6.29. The van der Waals surface area contributed by atoms with Gasteiger partial charge in [-0.15, -0.1) is 0 Å². The van der Waals surface area contributed by atoms with Gasteiger partial charge in [0, 0.05) is 30.5 Å². The number of allylic oxidation sites excluding steroid dienone is 1. The average Bonchev–Trinajstić information content (AvgIpc) is 3.14. The van der Waals surface area contributed by atoms with Crippen molar-refractivity contribution in [2.45, 2.75) is 50.7 Å². The molecule has 0 unspecified atom stereocenters. The number of hydrogen-bond donors (Lipinski definition) is 1. The van der Waals surface area contributed by atoms with Gasteiger partial charge in [0.2, 0.25) is 5.95 Å². The van der Waals surface area contributed by atoms with Gasteiger partial charge >= 0.3 is 0 Å². The van der Waals surface area contributed by atoms with E-state index < -0.39 is 0 Å². The molecular weight excluding hydrogens is 388 g/mol. The number of ether oxygens (including phenoxy) is 1. The maximum absolute atomic E-state index is 6.19. The molecule has 0 saturated heterocycles. The van der Waals surface area contributed by atoms with E-state index in [1.807, 2.05) is 18.3 Å². The Hall–Kier alpha value is -2.51. The first-order chi connectivity index (χ1) is 14.2. The molecule has 5 rings (SSSR count). The van der Waals surface area contributed by atoms with E-state index in [1.54, 1.807) is 17.8 Å². The standard InChI is InChI=1S/C21H23ClN6O/c1-29-14-7-5-13(6-8-14)25-21-24-11-16-15(3-2-4-17(16)26-21)18-9-10-20-23-12-19(22)28(20)27-18/h3,9-14H,2,4-8H2,1H3,(H,24,25,26). The molecule has 2 aliphatic carbocycles. The van der Waals surface area contributed by atoms with Crippen molar-refractivity contribution in [3.63, 3.8) is 0 Å². The van der Waals surface area contributed by atoms with E-state index in [-0.39, 0.29) is 0 Å². The van der Waals surface area contributed by atoms with Crippen molar-refractivity contribution >= 4 is 28.8 Å². The molecule has 0 bridgehead atoms. The number of fused-ring (bicyclic) bond motifs is 2. The van der Waals surface area contributed by atoms with E-state index in [9.17, 15) is 0 Å². The Bertz CT molecular complexity index is 1070. The van der Waals surface area contributed by atoms with Crippen LogP contribution in [0.15, 0.2) is 30.6 Å². The van der Waals surface area contributed by atoms with Crippen LogP contribution in [0, 0.1) is 0 Å². The molecular formula is C21H23ClN6O. The van der Waals surface area contributed by atoms with E-state index in [0.717, 1.165) is 66.7 Å². The van der Waals surface area contributed by atoms with Crippen LogP contribution in [0.25, 0.3) is 11.2 Å². The zero-order valence-corrected chi connectivity index (χ0v) is 17.1. The number of hydrogen-bond acceptors (Lipinski definition) is 6. The van der Waals surface area contributed by atoms with Gasteiger partial charge in [0.05, 0.1) is 23.7 Å². The molecule has 29 heavy (non-hydrogen) atoms. The fraction of sp³-hybridized carbons (Fsp3) is 0.429. The second-order valence-electron chi connectivity index (χ2n) is 7.63. The van der Waals surface area contributed by atoms with Crippen LogP contribution in [0.1, 0.15) is 49.1 Å². The molecule has 0 aromatic carbocycles. The molecule has 1 N–H and O–H groups in total. The molecule has 3 heterocycles. The van der Waals surface area contributed by atoms with Gasteiger partial charge in [-0.1, -0.05) is 17.7 Å². The Morgan fingerprint density at radius 2 is 2.00 bits per heavy atom. The molecule has 1 saturated carbocycles. The molecule has 7 nitrogen and oxygen atoms in total. The SMILES string of the molecule is COC1CCC(Nc2ncc3c(n2)CCC=C3c2ccc3ncc(Cl)n3n2)CC1. The molecule has 0 aliphatic heterocycles. The maximum atomic E-state index is 6.19. The number of nitrogens with zero attached hydrogens (tertiary/aromatic N) is 5. The lowest BCUT2D eigenvalue weighted by atomic mass is 9.93. The number of rotatable bonds is 4. The lowest BCUT2D eigenvalue weighted by Gasteiger charge is -2.28. The summed E-state index contributed by atoms with van der Waals surface area (Å²) in [5.41, 5.74) is 4.72. The topological polar surface area (TPSA) is 77.2 Å². The van der Waals surface area contributed by atoms with Gasteiger partial charge < -0.3 is 10.1 Å². The Morgan fingerprint density at radius 1 is 1.14 bits per heavy atom. The van der Waals surface area contributed by atoms with E-state index in [2.05, 4.69) is 26.5 Å². The molecule has 150 valence electrons. The lowest BCUT2D eigenvalue weighted by molar-refractivity contribution is 0.0681. The highest BCUT2D eigenvalue weighted by Gasteiger charge is 2.23. The van der Waals surface area contributed by atoms with E-state index >= 15 is 0 Å². The second-order valence-corrected chi connectivity index (χ2v) is 8.02. The van der Waals surface area contributed by atoms with Gasteiger partial charge in [-0.2, -0.15) is 5.10 Å². The van der Waals surface area contributed by atoms with Gasteiger partial charge in [-0.25, -0.2) is 19.5 Å². The van der Waals surface area contributed by atoms with Crippen LogP contribution < -0.4 is 5.32 Å². The largest absolute Gasteiger partial charge is 0.381 e. The van der Waals surface area contributed by atoms with Gasteiger partial charge in [-0.05, 0) is 50.7 Å². The summed E-state index contributed by atoms with van der Waals surface area (Å²) in [4.78, 5) is 13.7. The summed E-state index contributed by atoms with van der Waals surface area (Å²) in [7, 11) is 1.80. The number of nitrogens with one attached hydrogen (secondary N) is 1. The normalized spacial score (nSPS) is 21.7. The monoisotopic (exact) mass is 410 g/mol. The first-order valence-corrected chi connectivity index (χ1v) is 10.5. The van der Waals surface area contributed by atoms with Crippen LogP contribution in [-0.4, -0.2) is 43.8 Å². The smallest absolute Gasteiger partial charge is 0.223 e. The molecule has 8 heteroatoms. The van der Waals surface area contributed by atoms with Crippen molar-refractivity contribution in [3.8, 4) is 0 Å². The summed E-state index contributed by atoms with van der Waals surface area (Å²) in [5, 5.41) is 8.67. The maximum Gasteiger partial charge on any atom is 0.223 e. The van der Waals surface area contributed by atoms with Crippen LogP contribution in [0.3, 0.4) is 0 Å². The Balaban J connectivity index is 1.38. The third-order valence-corrected chi connectivity index (χ3v) is 6.08. The summed E-state index contributed by atoms with van der Waals surface area (Å²) in [6.07, 6.45) is 12.3. The molecule has 0 atom stereocenters. The van der Waals surface area contributed by atoms with Gasteiger partial charge in [0.15, 0.2) is 10.8 Å². The first kappa shape index (κ1) is 18.5. The fourth-order valence-corrected chi connectivity index (χ4v) is 4.40. The molecule has 0 amide bonds. The van der Waals surface area contributed by atoms with Gasteiger partial charge in [0.25, 0.3) is 0 Å². The second kappa shape index (κ2) is 7.72. The molecule has 0 spiro atoms. The van der Waals surface area contributed by atoms with Crippen LogP contribution in [-0.2, 0) is 11.2 Å². The molecule has 0 radical (unpaired) electrons. The Kier molecular flexibility index (Phi) is 4.93. The van der Waals surface area contributed by atoms with Crippen LogP contribution >= 0.6 is 11.6 Å². The average molecular weight is 411 g/mol. The number of aromatic nitrogens is 5. The highest BCUT2D eigenvalue weighted by atomic mass is 35.5. The summed E-state index contributed by atoms with van der Waals surface area (Å²) in [6.45, 7) is 0. The van der Waals surface area contributed by atoms with E-state index in [4.69, 9.17) is 21.3 Å². The predicted molar refractivity (Wildman–Crippen MR) is 112 cm³/mol. The summed E-state index contributed by atoms with van der Waals surface area (Å²) < 4.78 is 7.11. The van der Waals surface area contributed by atoms with Crippen LogP contribution in [0.2, 0.25) is 5.15 Å². The quantitative estimate of drug-likeness (QED) is 0.702. The van der Waals surface area contributed by atoms with Crippen LogP contribution in [0.5, 0.6) is 0 Å². The minimum absolute atomic E-state index is 0.388. The first-order valence-electron chi connectivity index (χ1n) is 10.1. The lowest BCUT2D eigenvalue weighted by Crippen LogP contribution is -2.30. The van der Waals surface area contributed by atoms with Crippen molar-refractivity contribution in [1.29, 1.82) is 0 Å². The van der Waals surface area contributed by atoms with Crippen molar-refractivity contribution in [1.82, 2.24) is 24.6 Å². The van der Waals surface area contributed by atoms with E-state index in [1.165, 1.54) is 0 Å². The van der Waals surface area contributed by atoms with Gasteiger partial charge in [0.1, 0.15) is 0 Å². The number of aryl methyl sites for hydroxylation is 1. The summed E-state index contributed by atoms with van der Waals surface area (Å²) in [6, 6.07) is 4.31. The minimum Gasteiger partial charge on any atom is -0.381 e. The zero-order chi connectivity index (χ0) is 19.8. The fourth-order valence-electron chi connectivity index (χ4n) is 4.22. The highest BCUT2D eigenvalue weighted by Crippen LogP contribution is 2.31. The molecule has 2 aliphatic rings. The number of imidazole rings is 1. The van der Waals surface area contributed by atoms with Crippen molar-refractivity contribution < 1.29 is 4.74 Å². The van der Waals surface area contributed by atoms with Crippen molar-refractivity contribution in [3.05, 3.63) is 52.7 Å². The van der Waals surface area contributed by atoms with Crippen molar-refractivity contribution in [2.24, 2.45) is 0 Å². The third kappa shape index (κ3) is 3.60. The van der Waals surface area contributed by atoms with E-state index in [0.29, 0.717) is 23.2 Å². The zero-order valence-electron chi connectivity index (χ0n) is 16.3. The number of anilines is 1. The Morgan fingerprint density at radius 3 is 2.83 bits per heavy atom. The number of halogens is 1. The summed E-state index contributed by atoms with van der Waals surface area (Å²) >= 11 is 6.19. The molecule has 3 aromatic heterocycles. The van der Waals surface area contributed by atoms with Gasteiger partial charge in [-0.3, -0.25) is 0 Å².